The molecule has 24 heavy (non-hydrogen) atoms. The Hall–Kier alpha value is -2.90. The molecule has 1 N–H and O–H groups in total. The summed E-state index contributed by atoms with van der Waals surface area (Å²) in [6.45, 7) is 5.85. The van der Waals surface area contributed by atoms with Gasteiger partial charge in [-0.2, -0.15) is 0 Å². The number of benzene rings is 1. The van der Waals surface area contributed by atoms with Crippen LogP contribution < -0.4 is 0 Å². The van der Waals surface area contributed by atoms with Gasteiger partial charge in [0.05, 0.1) is 0 Å². The van der Waals surface area contributed by atoms with Crippen LogP contribution in [-0.4, -0.2) is 38.5 Å². The lowest BCUT2D eigenvalue weighted by molar-refractivity contribution is -0.393. The van der Waals surface area contributed by atoms with Gasteiger partial charge in [0.15, 0.2) is 0 Å². The van der Waals surface area contributed by atoms with Crippen molar-refractivity contribution in [2.24, 2.45) is 0 Å². The molecule has 0 aliphatic heterocycles. The van der Waals surface area contributed by atoms with Crippen LogP contribution in [0.25, 0.3) is 11.3 Å². The third-order valence-electron chi connectivity index (χ3n) is 3.13. The third kappa shape index (κ3) is 4.55. The van der Waals surface area contributed by atoms with E-state index in [1.165, 1.54) is 11.1 Å². The number of hydrogen-bond acceptors (Lipinski definition) is 5. The van der Waals surface area contributed by atoms with Gasteiger partial charge in [0, 0.05) is 19.2 Å². The third-order valence-corrected chi connectivity index (χ3v) is 3.13. The van der Waals surface area contributed by atoms with E-state index in [-0.39, 0.29) is 5.95 Å². The molecule has 0 atom stereocenters. The maximum absolute atomic E-state index is 11.9. The first-order chi connectivity index (χ1) is 11.2. The van der Waals surface area contributed by atoms with Crippen LogP contribution in [0, 0.1) is 10.1 Å². The summed E-state index contributed by atoms with van der Waals surface area (Å²) in [5.74, 6) is -0.293. The van der Waals surface area contributed by atoms with Crippen molar-refractivity contribution in [1.82, 2.24) is 14.9 Å². The Kier molecular flexibility index (Phi) is 4.87. The van der Waals surface area contributed by atoms with E-state index in [1.54, 1.807) is 7.05 Å². The maximum atomic E-state index is 11.9. The Balaban J connectivity index is 2.03. The molecule has 1 aromatic heterocycles. The number of aromatic nitrogens is 2. The van der Waals surface area contributed by atoms with E-state index in [0.717, 1.165) is 11.1 Å². The largest absolute Gasteiger partial charge is 0.444 e. The molecule has 0 bridgehead atoms. The highest BCUT2D eigenvalue weighted by Gasteiger charge is 2.19. The zero-order valence-electron chi connectivity index (χ0n) is 14.1. The minimum Gasteiger partial charge on any atom is -0.444 e. The summed E-state index contributed by atoms with van der Waals surface area (Å²) in [7, 11) is 1.67. The summed E-state index contributed by atoms with van der Waals surface area (Å²) in [6.07, 6.45) is 1.02. The Morgan fingerprint density at radius 1 is 1.33 bits per heavy atom. The molecule has 1 aromatic carbocycles. The van der Waals surface area contributed by atoms with E-state index in [1.807, 2.05) is 45.0 Å². The number of nitro groups is 1. The fourth-order valence-corrected chi connectivity index (χ4v) is 2.02. The predicted octanol–water partition coefficient (Wildman–Crippen LogP) is 3.35. The van der Waals surface area contributed by atoms with Gasteiger partial charge in [-0.05, 0) is 31.3 Å². The molecule has 0 unspecified atom stereocenters. The number of carbonyl (C=O) groups excluding carboxylic acids is 1. The van der Waals surface area contributed by atoms with Gasteiger partial charge in [-0.25, -0.2) is 9.78 Å². The fraction of sp³-hybridized carbons (Fsp3) is 0.375. The van der Waals surface area contributed by atoms with Crippen LogP contribution >= 0.6 is 0 Å². The first kappa shape index (κ1) is 17.5. The molecule has 0 saturated carbocycles. The van der Waals surface area contributed by atoms with Gasteiger partial charge in [0.25, 0.3) is 0 Å². The molecular formula is C16H20N4O4. The van der Waals surface area contributed by atoms with Crippen molar-refractivity contribution >= 4 is 12.0 Å². The topological polar surface area (TPSA) is 101 Å². The molecule has 128 valence electrons. The number of nitrogens with zero attached hydrogens (tertiary/aromatic N) is 3. The van der Waals surface area contributed by atoms with Gasteiger partial charge < -0.3 is 19.8 Å². The number of amides is 1. The summed E-state index contributed by atoms with van der Waals surface area (Å²) >= 11 is 0. The molecule has 0 radical (unpaired) electrons. The van der Waals surface area contributed by atoms with Crippen molar-refractivity contribution in [3.05, 3.63) is 46.1 Å². The van der Waals surface area contributed by atoms with E-state index in [0.29, 0.717) is 12.2 Å². The first-order valence-corrected chi connectivity index (χ1v) is 7.38. The molecule has 0 fully saturated rings. The summed E-state index contributed by atoms with van der Waals surface area (Å²) in [6, 6.07) is 7.33. The summed E-state index contributed by atoms with van der Waals surface area (Å²) < 4.78 is 5.30. The van der Waals surface area contributed by atoms with Gasteiger partial charge >= 0.3 is 12.0 Å². The predicted molar refractivity (Wildman–Crippen MR) is 88.4 cm³/mol. The lowest BCUT2D eigenvalue weighted by Crippen LogP contribution is -2.33. The number of carbonyl (C=O) groups is 1. The lowest BCUT2D eigenvalue weighted by Gasteiger charge is -2.24. The molecule has 8 nitrogen and oxygen atoms in total. The monoisotopic (exact) mass is 332 g/mol. The number of hydrogen-bond donors (Lipinski definition) is 1. The summed E-state index contributed by atoms with van der Waals surface area (Å²) in [4.78, 5) is 29.8. The number of nitrogens with one attached hydrogen (secondary N) is 1. The van der Waals surface area contributed by atoms with Crippen molar-refractivity contribution in [3.8, 4) is 11.3 Å². The molecule has 1 heterocycles. The molecular weight excluding hydrogens is 312 g/mol. The quantitative estimate of drug-likeness (QED) is 0.683. The molecule has 1 amide bonds. The molecule has 2 rings (SSSR count). The van der Waals surface area contributed by atoms with E-state index in [2.05, 4.69) is 9.97 Å². The van der Waals surface area contributed by atoms with Crippen LogP contribution in [0.3, 0.4) is 0 Å². The number of ether oxygens (including phenoxy) is 1. The Morgan fingerprint density at radius 2 is 1.96 bits per heavy atom. The SMILES string of the molecule is CN(Cc1ccc(-c2cnc([N+](=O)[O-])[nH]2)cc1)C(=O)OC(C)(C)C. The number of aromatic amines is 1. The van der Waals surface area contributed by atoms with E-state index < -0.39 is 16.6 Å². The fourth-order valence-electron chi connectivity index (χ4n) is 2.02. The molecule has 0 saturated heterocycles. The van der Waals surface area contributed by atoms with Crippen molar-refractivity contribution in [1.29, 1.82) is 0 Å². The minimum atomic E-state index is -0.576. The Bertz CT molecular complexity index is 731. The van der Waals surface area contributed by atoms with Crippen LogP contribution in [0.4, 0.5) is 10.7 Å². The summed E-state index contributed by atoms with van der Waals surface area (Å²) in [5, 5.41) is 10.6. The first-order valence-electron chi connectivity index (χ1n) is 7.38. The second-order valence-corrected chi connectivity index (χ2v) is 6.41. The number of imidazole rings is 1. The number of rotatable bonds is 4. The van der Waals surface area contributed by atoms with Crippen LogP contribution in [0.2, 0.25) is 0 Å². The van der Waals surface area contributed by atoms with Crippen LogP contribution in [0.5, 0.6) is 0 Å². The summed E-state index contributed by atoms with van der Waals surface area (Å²) in [5.41, 5.74) is 1.72. The van der Waals surface area contributed by atoms with Gasteiger partial charge in [0.1, 0.15) is 17.5 Å². The standard InChI is InChI=1S/C16H20N4O4/c1-16(2,3)24-15(21)19(4)10-11-5-7-12(8-6-11)13-9-17-14(18-13)20(22)23/h5-9H,10H2,1-4H3,(H,17,18). The van der Waals surface area contributed by atoms with Crippen molar-refractivity contribution in [2.45, 2.75) is 32.9 Å². The van der Waals surface area contributed by atoms with Gasteiger partial charge in [-0.1, -0.05) is 29.2 Å². The number of H-pyrrole nitrogens is 1. The zero-order chi connectivity index (χ0) is 17.9. The van der Waals surface area contributed by atoms with E-state index >= 15 is 0 Å². The molecule has 0 aliphatic rings. The van der Waals surface area contributed by atoms with Crippen molar-refractivity contribution < 1.29 is 14.5 Å². The average Bonchev–Trinajstić information content (AvgIpc) is 2.96. The van der Waals surface area contributed by atoms with Gasteiger partial charge in [0.2, 0.25) is 0 Å². The highest BCUT2D eigenvalue weighted by molar-refractivity contribution is 5.68. The van der Waals surface area contributed by atoms with Crippen LogP contribution in [0.1, 0.15) is 26.3 Å². The van der Waals surface area contributed by atoms with Crippen LogP contribution in [-0.2, 0) is 11.3 Å². The van der Waals surface area contributed by atoms with Gasteiger partial charge in [-0.3, -0.25) is 0 Å². The zero-order valence-corrected chi connectivity index (χ0v) is 14.1. The normalized spacial score (nSPS) is 11.2. The lowest BCUT2D eigenvalue weighted by atomic mass is 10.1. The second kappa shape index (κ2) is 6.69. The second-order valence-electron chi connectivity index (χ2n) is 6.41. The molecule has 8 heteroatoms. The van der Waals surface area contributed by atoms with Gasteiger partial charge in [-0.15, -0.1) is 0 Å². The average molecular weight is 332 g/mol. The van der Waals surface area contributed by atoms with Crippen molar-refractivity contribution in [2.75, 3.05) is 7.05 Å². The van der Waals surface area contributed by atoms with Crippen molar-refractivity contribution in [3.63, 3.8) is 0 Å². The van der Waals surface area contributed by atoms with E-state index in [9.17, 15) is 14.9 Å². The minimum absolute atomic E-state index is 0.293. The van der Waals surface area contributed by atoms with E-state index in [4.69, 9.17) is 4.74 Å². The molecule has 0 aliphatic carbocycles. The highest BCUT2D eigenvalue weighted by Crippen LogP contribution is 2.20. The Morgan fingerprint density at radius 3 is 2.46 bits per heavy atom. The smallest absolute Gasteiger partial charge is 0.432 e. The maximum Gasteiger partial charge on any atom is 0.432 e. The highest BCUT2D eigenvalue weighted by atomic mass is 16.6. The Labute approximate surface area is 139 Å². The molecule has 2 aromatic rings. The van der Waals surface area contributed by atoms with Crippen LogP contribution in [0.15, 0.2) is 30.5 Å². The molecule has 0 spiro atoms.